The van der Waals surface area contributed by atoms with Crippen molar-refractivity contribution in [3.8, 4) is 0 Å². The van der Waals surface area contributed by atoms with Crippen LogP contribution in [0.25, 0.3) is 0 Å². The smallest absolute Gasteiger partial charge is 0.368 e. The minimum Gasteiger partial charge on any atom is -0.368 e. The largest absolute Gasteiger partial charge is 0.409 e. The van der Waals surface area contributed by atoms with Gasteiger partial charge < -0.3 is 11.1 Å². The van der Waals surface area contributed by atoms with Crippen LogP contribution in [0.4, 0.5) is 13.2 Å². The Balaban J connectivity index is 3.83. The topological polar surface area (TPSA) is 55.1 Å². The van der Waals surface area contributed by atoms with Crippen molar-refractivity contribution in [2.75, 3.05) is 6.54 Å². The van der Waals surface area contributed by atoms with Crippen LogP contribution < -0.4 is 11.1 Å². The van der Waals surface area contributed by atoms with E-state index < -0.39 is 18.1 Å². The van der Waals surface area contributed by atoms with Gasteiger partial charge in [-0.2, -0.15) is 13.2 Å². The molecule has 0 aliphatic heterocycles. The van der Waals surface area contributed by atoms with Gasteiger partial charge in [-0.3, -0.25) is 4.79 Å². The molecule has 1 amide bonds. The van der Waals surface area contributed by atoms with Crippen molar-refractivity contribution in [2.45, 2.75) is 25.6 Å². The summed E-state index contributed by atoms with van der Waals surface area (Å²) in [4.78, 5) is 10.6. The van der Waals surface area contributed by atoms with Gasteiger partial charge in [0.25, 0.3) is 0 Å². The second kappa shape index (κ2) is 5.64. The molecule has 1 atom stereocenters. The Morgan fingerprint density at radius 2 is 2.14 bits per heavy atom. The molecule has 14 heavy (non-hydrogen) atoms. The maximum absolute atomic E-state index is 11.6. The first-order valence-electron chi connectivity index (χ1n) is 4.14. The van der Waals surface area contributed by atoms with Gasteiger partial charge in [-0.1, -0.05) is 13.0 Å². The van der Waals surface area contributed by atoms with Crippen LogP contribution >= 0.6 is 0 Å². The fraction of sp³-hybridized carbons (Fsp3) is 0.625. The fourth-order valence-corrected chi connectivity index (χ4v) is 0.849. The number of hydrogen-bond donors (Lipinski definition) is 2. The van der Waals surface area contributed by atoms with Crippen LogP contribution in [0.3, 0.4) is 0 Å². The molecule has 3 nitrogen and oxygen atoms in total. The SMILES string of the molecule is CC[C@H](NC/C=C/C(F)(F)F)C(N)=O. The summed E-state index contributed by atoms with van der Waals surface area (Å²) in [5, 5.41) is 2.58. The lowest BCUT2D eigenvalue weighted by molar-refractivity contribution is -0.120. The summed E-state index contributed by atoms with van der Waals surface area (Å²) in [6.45, 7) is 1.69. The van der Waals surface area contributed by atoms with Crippen molar-refractivity contribution >= 4 is 5.91 Å². The van der Waals surface area contributed by atoms with Gasteiger partial charge in [0.05, 0.1) is 6.04 Å². The molecule has 0 saturated carbocycles. The summed E-state index contributed by atoms with van der Waals surface area (Å²) in [5.41, 5.74) is 4.97. The Bertz CT molecular complexity index is 213. The first-order valence-corrected chi connectivity index (χ1v) is 4.14. The summed E-state index contributed by atoms with van der Waals surface area (Å²) in [7, 11) is 0. The van der Waals surface area contributed by atoms with E-state index in [0.29, 0.717) is 6.42 Å². The average Bonchev–Trinajstić information content (AvgIpc) is 2.01. The molecule has 0 spiro atoms. The van der Waals surface area contributed by atoms with Crippen molar-refractivity contribution in [1.82, 2.24) is 5.32 Å². The number of alkyl halides is 3. The molecule has 0 unspecified atom stereocenters. The Morgan fingerprint density at radius 3 is 2.50 bits per heavy atom. The maximum Gasteiger partial charge on any atom is 0.409 e. The second-order valence-corrected chi connectivity index (χ2v) is 2.72. The monoisotopic (exact) mass is 210 g/mol. The lowest BCUT2D eigenvalue weighted by Crippen LogP contribution is -2.40. The molecule has 0 radical (unpaired) electrons. The fourth-order valence-electron chi connectivity index (χ4n) is 0.849. The zero-order chi connectivity index (χ0) is 11.2. The van der Waals surface area contributed by atoms with Gasteiger partial charge in [0, 0.05) is 12.6 Å². The molecular formula is C8H13F3N2O. The van der Waals surface area contributed by atoms with E-state index >= 15 is 0 Å². The van der Waals surface area contributed by atoms with E-state index in [0.717, 1.165) is 6.08 Å². The summed E-state index contributed by atoms with van der Waals surface area (Å²) >= 11 is 0. The number of carbonyl (C=O) groups is 1. The summed E-state index contributed by atoms with van der Waals surface area (Å²) in [6, 6.07) is -0.576. The van der Waals surface area contributed by atoms with Gasteiger partial charge >= 0.3 is 6.18 Å². The zero-order valence-corrected chi connectivity index (χ0v) is 7.77. The molecule has 0 aromatic rings. The van der Waals surface area contributed by atoms with Crippen LogP contribution in [0.5, 0.6) is 0 Å². The summed E-state index contributed by atoms with van der Waals surface area (Å²) in [5.74, 6) is -0.562. The summed E-state index contributed by atoms with van der Waals surface area (Å²) in [6.07, 6.45) is -2.83. The van der Waals surface area contributed by atoms with Crippen LogP contribution in [0, 0.1) is 0 Å². The molecular weight excluding hydrogens is 197 g/mol. The third kappa shape index (κ3) is 6.47. The lowest BCUT2D eigenvalue weighted by Gasteiger charge is -2.10. The Hall–Kier alpha value is -1.04. The van der Waals surface area contributed by atoms with Crippen LogP contribution in [0.15, 0.2) is 12.2 Å². The van der Waals surface area contributed by atoms with E-state index in [2.05, 4.69) is 5.32 Å². The first-order chi connectivity index (χ1) is 6.37. The molecule has 0 aliphatic carbocycles. The molecule has 0 saturated heterocycles. The van der Waals surface area contributed by atoms with Crippen molar-refractivity contribution in [1.29, 1.82) is 0 Å². The molecule has 0 aromatic heterocycles. The van der Waals surface area contributed by atoms with Crippen molar-refractivity contribution in [2.24, 2.45) is 5.73 Å². The van der Waals surface area contributed by atoms with E-state index in [1.807, 2.05) is 0 Å². The molecule has 0 aromatic carbocycles. The van der Waals surface area contributed by atoms with Gasteiger partial charge in [0.2, 0.25) is 5.91 Å². The van der Waals surface area contributed by atoms with Crippen molar-refractivity contribution in [3.63, 3.8) is 0 Å². The number of rotatable bonds is 5. The maximum atomic E-state index is 11.6. The van der Waals surface area contributed by atoms with E-state index in [9.17, 15) is 18.0 Å². The number of primary amides is 1. The third-order valence-electron chi connectivity index (χ3n) is 1.54. The number of halogens is 3. The molecule has 0 heterocycles. The number of hydrogen-bond acceptors (Lipinski definition) is 2. The lowest BCUT2D eigenvalue weighted by atomic mass is 10.2. The predicted molar refractivity (Wildman–Crippen MR) is 46.5 cm³/mol. The van der Waals surface area contributed by atoms with Crippen molar-refractivity contribution in [3.05, 3.63) is 12.2 Å². The molecule has 6 heteroatoms. The normalized spacial score (nSPS) is 14.6. The Kier molecular flexibility index (Phi) is 5.22. The molecule has 0 rings (SSSR count). The Morgan fingerprint density at radius 1 is 1.57 bits per heavy atom. The van der Waals surface area contributed by atoms with Gasteiger partial charge in [0.15, 0.2) is 0 Å². The highest BCUT2D eigenvalue weighted by Crippen LogP contribution is 2.15. The molecule has 0 fully saturated rings. The summed E-state index contributed by atoms with van der Waals surface area (Å²) < 4.78 is 34.8. The Labute approximate surface area is 80.2 Å². The van der Waals surface area contributed by atoms with Crippen LogP contribution in [-0.2, 0) is 4.79 Å². The number of carbonyl (C=O) groups excluding carboxylic acids is 1. The minimum atomic E-state index is -4.31. The second-order valence-electron chi connectivity index (χ2n) is 2.72. The van der Waals surface area contributed by atoms with Crippen LogP contribution in [-0.4, -0.2) is 24.7 Å². The van der Waals surface area contributed by atoms with Crippen LogP contribution in [0.2, 0.25) is 0 Å². The quantitative estimate of drug-likeness (QED) is 0.664. The average molecular weight is 210 g/mol. The highest BCUT2D eigenvalue weighted by molar-refractivity contribution is 5.79. The van der Waals surface area contributed by atoms with E-state index in [1.165, 1.54) is 0 Å². The highest BCUT2D eigenvalue weighted by Gasteiger charge is 2.21. The van der Waals surface area contributed by atoms with Crippen LogP contribution in [0.1, 0.15) is 13.3 Å². The van der Waals surface area contributed by atoms with E-state index in [1.54, 1.807) is 6.92 Å². The highest BCUT2D eigenvalue weighted by atomic mass is 19.4. The van der Waals surface area contributed by atoms with E-state index in [-0.39, 0.29) is 12.6 Å². The molecule has 3 N–H and O–H groups in total. The number of nitrogens with one attached hydrogen (secondary N) is 1. The third-order valence-corrected chi connectivity index (χ3v) is 1.54. The first kappa shape index (κ1) is 13.0. The van der Waals surface area contributed by atoms with Gasteiger partial charge in [-0.05, 0) is 6.42 Å². The van der Waals surface area contributed by atoms with Crippen molar-refractivity contribution < 1.29 is 18.0 Å². The molecule has 0 aliphatic rings. The zero-order valence-electron chi connectivity index (χ0n) is 7.77. The van der Waals surface area contributed by atoms with Gasteiger partial charge in [-0.15, -0.1) is 0 Å². The van der Waals surface area contributed by atoms with Gasteiger partial charge in [0.1, 0.15) is 0 Å². The van der Waals surface area contributed by atoms with Gasteiger partial charge in [-0.25, -0.2) is 0 Å². The number of nitrogens with two attached hydrogens (primary N) is 1. The van der Waals surface area contributed by atoms with E-state index in [4.69, 9.17) is 5.73 Å². The number of allylic oxidation sites excluding steroid dienone is 1. The predicted octanol–water partition coefficient (Wildman–Crippen LogP) is 0.958. The molecule has 82 valence electrons. The molecule has 0 bridgehead atoms. The standard InChI is InChI=1S/C8H13F3N2O/c1-2-6(7(12)14)13-5-3-4-8(9,10)11/h3-4,6,13H,2,5H2,1H3,(H2,12,14)/b4-3+/t6-/m0/s1. The number of amides is 1. The minimum absolute atomic E-state index is 0.0268.